The number of hydrogen-bond acceptors (Lipinski definition) is 5. The molecule has 3 rings (SSSR count). The van der Waals surface area contributed by atoms with Gasteiger partial charge >= 0.3 is 6.18 Å². The Bertz CT molecular complexity index is 854. The average Bonchev–Trinajstić information content (AvgIpc) is 3.21. The second kappa shape index (κ2) is 7.79. The average molecular weight is 398 g/mol. The standard InChI is InChI=1S/C17H17F3N4S2/c1-11(2)12-3-5-13(6-4-12)15-22-14(7-25-15)8-26-16-23-21-10-24(16)9-17(18,19)20/h3-7,10-11H,8-9H2,1-2H3. The van der Waals surface area contributed by atoms with Crippen LogP contribution in [-0.4, -0.2) is 25.9 Å². The Morgan fingerprint density at radius 3 is 2.58 bits per heavy atom. The van der Waals surface area contributed by atoms with Gasteiger partial charge in [-0.1, -0.05) is 49.9 Å². The van der Waals surface area contributed by atoms with Crippen LogP contribution in [-0.2, 0) is 12.3 Å². The summed E-state index contributed by atoms with van der Waals surface area (Å²) in [6, 6.07) is 8.28. The van der Waals surface area contributed by atoms with Gasteiger partial charge in [0.1, 0.15) is 17.9 Å². The van der Waals surface area contributed by atoms with Crippen molar-refractivity contribution in [3.05, 3.63) is 47.2 Å². The summed E-state index contributed by atoms with van der Waals surface area (Å²) in [4.78, 5) is 4.58. The topological polar surface area (TPSA) is 43.6 Å². The van der Waals surface area contributed by atoms with Crippen molar-refractivity contribution in [1.82, 2.24) is 19.7 Å². The zero-order chi connectivity index (χ0) is 18.7. The third-order valence-electron chi connectivity index (χ3n) is 3.65. The van der Waals surface area contributed by atoms with Gasteiger partial charge in [0.05, 0.1) is 5.69 Å². The highest BCUT2D eigenvalue weighted by Crippen LogP contribution is 2.29. The van der Waals surface area contributed by atoms with Crippen molar-refractivity contribution in [2.24, 2.45) is 0 Å². The Morgan fingerprint density at radius 2 is 1.92 bits per heavy atom. The van der Waals surface area contributed by atoms with E-state index in [1.54, 1.807) is 0 Å². The molecule has 0 radical (unpaired) electrons. The molecule has 0 aliphatic heterocycles. The Balaban J connectivity index is 1.65. The molecule has 0 saturated carbocycles. The predicted octanol–water partition coefficient (Wildman–Crippen LogP) is 5.38. The van der Waals surface area contributed by atoms with Crippen LogP contribution in [0.1, 0.15) is 31.0 Å². The lowest BCUT2D eigenvalue weighted by Gasteiger charge is -2.08. The van der Waals surface area contributed by atoms with E-state index in [0.717, 1.165) is 27.2 Å². The molecule has 0 spiro atoms. The Labute approximate surface area is 157 Å². The molecule has 9 heteroatoms. The largest absolute Gasteiger partial charge is 0.406 e. The molecule has 0 N–H and O–H groups in total. The quantitative estimate of drug-likeness (QED) is 0.523. The maximum Gasteiger partial charge on any atom is 0.406 e. The zero-order valence-corrected chi connectivity index (χ0v) is 15.8. The number of aromatic nitrogens is 4. The first kappa shape index (κ1) is 18.9. The van der Waals surface area contributed by atoms with Crippen molar-refractivity contribution >= 4 is 23.1 Å². The molecule has 0 atom stereocenters. The number of alkyl halides is 3. The number of rotatable bonds is 6. The zero-order valence-electron chi connectivity index (χ0n) is 14.2. The lowest BCUT2D eigenvalue weighted by atomic mass is 10.0. The van der Waals surface area contributed by atoms with Crippen molar-refractivity contribution in [2.75, 3.05) is 0 Å². The SMILES string of the molecule is CC(C)c1ccc(-c2nc(CSc3nncn3CC(F)(F)F)cs2)cc1. The number of halogens is 3. The fourth-order valence-corrected chi connectivity index (χ4v) is 4.05. The molecule has 3 aromatic rings. The van der Waals surface area contributed by atoms with Gasteiger partial charge in [0, 0.05) is 16.7 Å². The molecular weight excluding hydrogens is 381 g/mol. The molecule has 0 saturated heterocycles. The van der Waals surface area contributed by atoms with E-state index in [4.69, 9.17) is 0 Å². The molecule has 26 heavy (non-hydrogen) atoms. The summed E-state index contributed by atoms with van der Waals surface area (Å²) in [6.45, 7) is 3.20. The second-order valence-electron chi connectivity index (χ2n) is 6.07. The van der Waals surface area contributed by atoms with Crippen molar-refractivity contribution in [1.29, 1.82) is 0 Å². The van der Waals surface area contributed by atoms with Crippen LogP contribution < -0.4 is 0 Å². The summed E-state index contributed by atoms with van der Waals surface area (Å²) in [5.41, 5.74) is 3.12. The molecule has 2 aromatic heterocycles. The van der Waals surface area contributed by atoms with Crippen LogP contribution in [0.2, 0.25) is 0 Å². The van der Waals surface area contributed by atoms with E-state index in [1.165, 1.54) is 28.7 Å². The molecular formula is C17H17F3N4S2. The van der Waals surface area contributed by atoms with Gasteiger partial charge in [0.15, 0.2) is 5.16 Å². The normalized spacial score (nSPS) is 12.1. The molecule has 138 valence electrons. The molecule has 2 heterocycles. The van der Waals surface area contributed by atoms with Crippen LogP contribution in [0.25, 0.3) is 10.6 Å². The number of benzene rings is 1. The molecule has 0 amide bonds. The van der Waals surface area contributed by atoms with Gasteiger partial charge in [0.2, 0.25) is 0 Å². The summed E-state index contributed by atoms with van der Waals surface area (Å²) in [5, 5.41) is 10.4. The third kappa shape index (κ3) is 4.85. The van der Waals surface area contributed by atoms with E-state index in [9.17, 15) is 13.2 Å². The number of thiazole rings is 1. The van der Waals surface area contributed by atoms with Gasteiger partial charge in [-0.25, -0.2) is 4.98 Å². The molecule has 0 fully saturated rings. The fourth-order valence-electron chi connectivity index (χ4n) is 2.31. The lowest BCUT2D eigenvalue weighted by Crippen LogP contribution is -2.17. The molecule has 4 nitrogen and oxygen atoms in total. The van der Waals surface area contributed by atoms with E-state index >= 15 is 0 Å². The second-order valence-corrected chi connectivity index (χ2v) is 7.87. The highest BCUT2D eigenvalue weighted by atomic mass is 32.2. The van der Waals surface area contributed by atoms with E-state index in [-0.39, 0.29) is 5.16 Å². The molecule has 0 aliphatic rings. The van der Waals surface area contributed by atoms with Gasteiger partial charge in [-0.3, -0.25) is 4.57 Å². The van der Waals surface area contributed by atoms with Gasteiger partial charge in [-0.05, 0) is 11.5 Å². The van der Waals surface area contributed by atoms with Gasteiger partial charge in [0.25, 0.3) is 0 Å². The van der Waals surface area contributed by atoms with Gasteiger partial charge < -0.3 is 0 Å². The van der Waals surface area contributed by atoms with Crippen LogP contribution in [0.4, 0.5) is 13.2 Å². The summed E-state index contributed by atoms with van der Waals surface area (Å²) >= 11 is 2.72. The van der Waals surface area contributed by atoms with Crippen molar-refractivity contribution in [3.63, 3.8) is 0 Å². The molecule has 0 unspecified atom stereocenters. The Morgan fingerprint density at radius 1 is 1.19 bits per heavy atom. The Hall–Kier alpha value is -1.87. The minimum absolute atomic E-state index is 0.234. The van der Waals surface area contributed by atoms with E-state index in [2.05, 4.69) is 41.2 Å². The summed E-state index contributed by atoms with van der Waals surface area (Å²) < 4.78 is 38.6. The number of nitrogens with zero attached hydrogens (tertiary/aromatic N) is 4. The number of hydrogen-bond donors (Lipinski definition) is 0. The van der Waals surface area contributed by atoms with Crippen LogP contribution in [0.5, 0.6) is 0 Å². The summed E-state index contributed by atoms with van der Waals surface area (Å²) in [5.74, 6) is 0.915. The van der Waals surface area contributed by atoms with E-state index in [0.29, 0.717) is 11.7 Å². The van der Waals surface area contributed by atoms with Crippen molar-refractivity contribution < 1.29 is 13.2 Å². The fraction of sp³-hybridized carbons (Fsp3) is 0.353. The molecule has 1 aromatic carbocycles. The maximum atomic E-state index is 12.5. The first-order valence-corrected chi connectivity index (χ1v) is 9.80. The smallest absolute Gasteiger partial charge is 0.299 e. The first-order chi connectivity index (χ1) is 12.3. The monoisotopic (exact) mass is 398 g/mol. The maximum absolute atomic E-state index is 12.5. The molecule has 0 aliphatic carbocycles. The van der Waals surface area contributed by atoms with Crippen molar-refractivity contribution in [2.45, 2.75) is 43.4 Å². The van der Waals surface area contributed by atoms with Gasteiger partial charge in [-0.2, -0.15) is 13.2 Å². The minimum atomic E-state index is -4.30. The molecule has 0 bridgehead atoms. The Kier molecular flexibility index (Phi) is 5.67. The van der Waals surface area contributed by atoms with Gasteiger partial charge in [-0.15, -0.1) is 21.5 Å². The van der Waals surface area contributed by atoms with Crippen LogP contribution in [0.15, 0.2) is 41.1 Å². The lowest BCUT2D eigenvalue weighted by molar-refractivity contribution is -0.142. The highest BCUT2D eigenvalue weighted by Gasteiger charge is 2.29. The van der Waals surface area contributed by atoms with Crippen LogP contribution in [0.3, 0.4) is 0 Å². The summed E-state index contributed by atoms with van der Waals surface area (Å²) in [6.07, 6.45) is -3.20. The summed E-state index contributed by atoms with van der Waals surface area (Å²) in [7, 11) is 0. The van der Waals surface area contributed by atoms with E-state index in [1.807, 2.05) is 17.5 Å². The van der Waals surface area contributed by atoms with E-state index < -0.39 is 12.7 Å². The van der Waals surface area contributed by atoms with Crippen molar-refractivity contribution in [3.8, 4) is 10.6 Å². The highest BCUT2D eigenvalue weighted by molar-refractivity contribution is 7.98. The van der Waals surface area contributed by atoms with Crippen LogP contribution >= 0.6 is 23.1 Å². The third-order valence-corrected chi connectivity index (χ3v) is 5.61. The van der Waals surface area contributed by atoms with Crippen LogP contribution in [0, 0.1) is 0 Å². The number of thioether (sulfide) groups is 1. The minimum Gasteiger partial charge on any atom is -0.299 e. The predicted molar refractivity (Wildman–Crippen MR) is 97.3 cm³/mol. The first-order valence-electron chi connectivity index (χ1n) is 7.94.